The predicted octanol–water partition coefficient (Wildman–Crippen LogP) is 2.14. The van der Waals surface area contributed by atoms with Crippen LogP contribution in [0.5, 0.6) is 11.5 Å². The summed E-state index contributed by atoms with van der Waals surface area (Å²) >= 11 is 0. The largest absolute Gasteiger partial charge is 0.493 e. The number of benzene rings is 1. The number of aldehydes is 1. The predicted molar refractivity (Wildman–Crippen MR) is 72.6 cm³/mol. The van der Waals surface area contributed by atoms with Gasteiger partial charge in [-0.3, -0.25) is 14.6 Å². The van der Waals surface area contributed by atoms with Gasteiger partial charge in [-0.05, 0) is 24.3 Å². The van der Waals surface area contributed by atoms with E-state index < -0.39 is 0 Å². The number of rotatable bonds is 5. The van der Waals surface area contributed by atoms with E-state index in [9.17, 15) is 9.59 Å². The first kappa shape index (κ1) is 13.7. The summed E-state index contributed by atoms with van der Waals surface area (Å²) in [7, 11) is 2.93. The molecule has 0 fully saturated rings. The molecule has 1 aromatic carbocycles. The van der Waals surface area contributed by atoms with E-state index in [1.165, 1.54) is 32.5 Å². The molecule has 0 atom stereocenters. The van der Waals surface area contributed by atoms with E-state index in [-0.39, 0.29) is 22.6 Å². The zero-order valence-corrected chi connectivity index (χ0v) is 11.1. The van der Waals surface area contributed by atoms with Crippen molar-refractivity contribution in [2.24, 2.45) is 0 Å². The first-order chi connectivity index (χ1) is 9.71. The van der Waals surface area contributed by atoms with Gasteiger partial charge in [-0.2, -0.15) is 0 Å². The van der Waals surface area contributed by atoms with Gasteiger partial charge in [-0.15, -0.1) is 0 Å². The average molecular weight is 271 g/mol. The van der Waals surface area contributed by atoms with Crippen LogP contribution in [0, 0.1) is 0 Å². The van der Waals surface area contributed by atoms with E-state index in [1.807, 2.05) is 0 Å². The van der Waals surface area contributed by atoms with Crippen molar-refractivity contribution < 1.29 is 19.1 Å². The summed E-state index contributed by atoms with van der Waals surface area (Å²) < 4.78 is 10.3. The Morgan fingerprint density at radius 1 is 1.15 bits per heavy atom. The highest BCUT2D eigenvalue weighted by Crippen LogP contribution is 2.30. The van der Waals surface area contributed by atoms with E-state index in [0.717, 1.165) is 0 Å². The number of hydrogen-bond acceptors (Lipinski definition) is 5. The van der Waals surface area contributed by atoms with E-state index in [0.29, 0.717) is 17.8 Å². The molecular formula is C15H13NO4. The highest BCUT2D eigenvalue weighted by molar-refractivity contribution is 6.12. The maximum absolute atomic E-state index is 12.4. The number of methoxy groups -OCH3 is 2. The molecule has 0 radical (unpaired) electrons. The fourth-order valence-electron chi connectivity index (χ4n) is 1.82. The van der Waals surface area contributed by atoms with Gasteiger partial charge in [-0.1, -0.05) is 6.07 Å². The molecule has 0 amide bonds. The third kappa shape index (κ3) is 2.51. The smallest absolute Gasteiger partial charge is 0.212 e. The van der Waals surface area contributed by atoms with Gasteiger partial charge in [0.15, 0.2) is 17.8 Å². The lowest BCUT2D eigenvalue weighted by Crippen LogP contribution is -2.08. The Balaban J connectivity index is 2.55. The number of pyridine rings is 1. The number of ketones is 1. The van der Waals surface area contributed by atoms with Gasteiger partial charge in [0, 0.05) is 17.3 Å². The maximum Gasteiger partial charge on any atom is 0.212 e. The molecule has 0 unspecified atom stereocenters. The highest BCUT2D eigenvalue weighted by atomic mass is 16.5. The van der Waals surface area contributed by atoms with Crippen LogP contribution in [-0.2, 0) is 0 Å². The van der Waals surface area contributed by atoms with E-state index in [1.54, 1.807) is 18.2 Å². The van der Waals surface area contributed by atoms with Crippen molar-refractivity contribution >= 4 is 12.1 Å². The molecule has 20 heavy (non-hydrogen) atoms. The minimum absolute atomic E-state index is 0.233. The number of hydrogen-bond donors (Lipinski definition) is 0. The fraction of sp³-hybridized carbons (Fsp3) is 0.133. The van der Waals surface area contributed by atoms with Gasteiger partial charge in [0.1, 0.15) is 5.69 Å². The van der Waals surface area contributed by atoms with Crippen LogP contribution in [-0.4, -0.2) is 31.3 Å². The number of ether oxygens (including phenoxy) is 2. The molecule has 0 spiro atoms. The molecule has 0 saturated heterocycles. The quantitative estimate of drug-likeness (QED) is 0.615. The summed E-state index contributed by atoms with van der Waals surface area (Å²) in [6, 6.07) is 7.98. The molecule has 0 aliphatic heterocycles. The summed E-state index contributed by atoms with van der Waals surface area (Å²) in [6.07, 6.45) is 2.13. The first-order valence-corrected chi connectivity index (χ1v) is 5.88. The molecule has 0 saturated carbocycles. The monoisotopic (exact) mass is 271 g/mol. The Bertz CT molecular complexity index is 638. The normalized spacial score (nSPS) is 9.90. The lowest BCUT2D eigenvalue weighted by atomic mass is 10.0. The zero-order valence-electron chi connectivity index (χ0n) is 11.1. The Morgan fingerprint density at radius 3 is 2.40 bits per heavy atom. The Labute approximate surface area is 116 Å². The Kier molecular flexibility index (Phi) is 4.10. The van der Waals surface area contributed by atoms with Crippen molar-refractivity contribution in [2.75, 3.05) is 14.2 Å². The van der Waals surface area contributed by atoms with Crippen LogP contribution in [0.2, 0.25) is 0 Å². The Morgan fingerprint density at radius 2 is 1.85 bits per heavy atom. The molecule has 2 aromatic rings. The third-order valence-electron chi connectivity index (χ3n) is 2.82. The summed E-state index contributed by atoms with van der Waals surface area (Å²) in [5.74, 6) is 0.443. The van der Waals surface area contributed by atoms with Crippen LogP contribution >= 0.6 is 0 Å². The first-order valence-electron chi connectivity index (χ1n) is 5.88. The summed E-state index contributed by atoms with van der Waals surface area (Å²) in [4.78, 5) is 27.5. The van der Waals surface area contributed by atoms with Crippen LogP contribution in [0.3, 0.4) is 0 Å². The molecule has 0 aliphatic carbocycles. The summed E-state index contributed by atoms with van der Waals surface area (Å²) in [5.41, 5.74) is 0.734. The van der Waals surface area contributed by atoms with E-state index >= 15 is 0 Å². The number of nitrogens with zero attached hydrogens (tertiary/aromatic N) is 1. The molecular weight excluding hydrogens is 258 g/mol. The van der Waals surface area contributed by atoms with Crippen molar-refractivity contribution in [1.82, 2.24) is 4.98 Å². The number of carbonyl (C=O) groups excluding carboxylic acids is 2. The van der Waals surface area contributed by atoms with Crippen molar-refractivity contribution in [3.05, 3.63) is 53.3 Å². The molecule has 5 heteroatoms. The minimum Gasteiger partial charge on any atom is -0.493 e. The van der Waals surface area contributed by atoms with Crippen molar-refractivity contribution in [1.29, 1.82) is 0 Å². The van der Waals surface area contributed by atoms with Gasteiger partial charge in [0.25, 0.3) is 0 Å². The third-order valence-corrected chi connectivity index (χ3v) is 2.82. The average Bonchev–Trinajstić information content (AvgIpc) is 2.53. The van der Waals surface area contributed by atoms with E-state index in [4.69, 9.17) is 9.47 Å². The van der Waals surface area contributed by atoms with Crippen molar-refractivity contribution in [2.45, 2.75) is 0 Å². The van der Waals surface area contributed by atoms with Crippen LogP contribution in [0.25, 0.3) is 0 Å². The van der Waals surface area contributed by atoms with Gasteiger partial charge in [0.2, 0.25) is 5.78 Å². The molecule has 0 bridgehead atoms. The van der Waals surface area contributed by atoms with Crippen LogP contribution in [0.4, 0.5) is 0 Å². The number of carbonyl (C=O) groups is 2. The second-order valence-corrected chi connectivity index (χ2v) is 3.96. The molecule has 1 heterocycles. The second-order valence-electron chi connectivity index (χ2n) is 3.96. The van der Waals surface area contributed by atoms with E-state index in [2.05, 4.69) is 4.98 Å². The summed E-state index contributed by atoms with van der Waals surface area (Å²) in [6.45, 7) is 0. The number of aromatic nitrogens is 1. The standard InChI is InChI=1S/C15H13NO4/c1-19-13-7-10(9-17)11(8-14(13)20-2)15(18)12-5-3-4-6-16-12/h3-9H,1-2H3. The molecule has 102 valence electrons. The molecule has 5 nitrogen and oxygen atoms in total. The second kappa shape index (κ2) is 5.97. The van der Waals surface area contributed by atoms with Gasteiger partial charge >= 0.3 is 0 Å². The zero-order chi connectivity index (χ0) is 14.5. The van der Waals surface area contributed by atoms with Crippen LogP contribution in [0.1, 0.15) is 26.4 Å². The van der Waals surface area contributed by atoms with Crippen molar-refractivity contribution in [3.8, 4) is 11.5 Å². The molecule has 2 rings (SSSR count). The van der Waals surface area contributed by atoms with Gasteiger partial charge in [-0.25, -0.2) is 0 Å². The topological polar surface area (TPSA) is 65.5 Å². The fourth-order valence-corrected chi connectivity index (χ4v) is 1.82. The van der Waals surface area contributed by atoms with Gasteiger partial charge < -0.3 is 9.47 Å². The maximum atomic E-state index is 12.4. The van der Waals surface area contributed by atoms with Crippen LogP contribution < -0.4 is 9.47 Å². The highest BCUT2D eigenvalue weighted by Gasteiger charge is 2.18. The molecule has 0 aliphatic rings. The van der Waals surface area contributed by atoms with Gasteiger partial charge in [0.05, 0.1) is 14.2 Å². The SMILES string of the molecule is COc1cc(C=O)c(C(=O)c2ccccn2)cc1OC. The Hall–Kier alpha value is -2.69. The molecule has 0 N–H and O–H groups in total. The summed E-state index contributed by atoms with van der Waals surface area (Å²) in [5, 5.41) is 0. The van der Waals surface area contributed by atoms with Crippen molar-refractivity contribution in [3.63, 3.8) is 0 Å². The lowest BCUT2D eigenvalue weighted by molar-refractivity contribution is 0.102. The molecule has 1 aromatic heterocycles. The minimum atomic E-state index is -0.339. The lowest BCUT2D eigenvalue weighted by Gasteiger charge is -2.11. The van der Waals surface area contributed by atoms with Crippen LogP contribution in [0.15, 0.2) is 36.5 Å².